The second kappa shape index (κ2) is 13.3. The Kier molecular flexibility index (Phi) is 11.5. The van der Waals surface area contributed by atoms with Crippen LogP contribution in [0.5, 0.6) is 0 Å². The summed E-state index contributed by atoms with van der Waals surface area (Å²) in [5.74, 6) is 0.820. The molecule has 9 N–H and O–H groups in total. The molecule has 0 unspecified atom stereocenters. The monoisotopic (exact) mass is 486 g/mol. The lowest BCUT2D eigenvalue weighted by molar-refractivity contribution is -0.344. The summed E-state index contributed by atoms with van der Waals surface area (Å²) < 4.78 is 22.4. The molecule has 0 bridgehead atoms. The maximum Gasteiger partial charge on any atom is 0.217 e. The van der Waals surface area contributed by atoms with E-state index in [1.807, 2.05) is 0 Å². The molecular formula is C18H34N2O11S. The molecule has 2 rings (SSSR count). The third-order valence-electron chi connectivity index (χ3n) is 5.14. The van der Waals surface area contributed by atoms with Gasteiger partial charge < -0.3 is 60.6 Å². The first-order chi connectivity index (χ1) is 15.2. The van der Waals surface area contributed by atoms with E-state index in [2.05, 4.69) is 5.32 Å². The molecule has 2 heterocycles. The highest BCUT2D eigenvalue weighted by molar-refractivity contribution is 7.99. The number of carbonyl (C=O) groups is 1. The number of hydrogen-bond donors (Lipinski definition) is 8. The van der Waals surface area contributed by atoms with Crippen LogP contribution in [-0.4, -0.2) is 136 Å². The maximum atomic E-state index is 11.8. The van der Waals surface area contributed by atoms with Gasteiger partial charge in [0, 0.05) is 25.0 Å². The van der Waals surface area contributed by atoms with E-state index in [9.17, 15) is 35.4 Å². The summed E-state index contributed by atoms with van der Waals surface area (Å²) in [5, 5.41) is 62.5. The highest BCUT2D eigenvalue weighted by Gasteiger charge is 2.51. The molecule has 2 fully saturated rings. The fourth-order valence-electron chi connectivity index (χ4n) is 3.50. The number of rotatable bonds is 11. The summed E-state index contributed by atoms with van der Waals surface area (Å²) in [6.45, 7) is 0.703. The lowest BCUT2D eigenvalue weighted by atomic mass is 9.95. The number of carbonyl (C=O) groups excluding carboxylic acids is 1. The lowest BCUT2D eigenvalue weighted by Gasteiger charge is -2.47. The van der Waals surface area contributed by atoms with Crippen LogP contribution in [0.25, 0.3) is 0 Å². The van der Waals surface area contributed by atoms with Crippen LogP contribution in [-0.2, 0) is 23.7 Å². The van der Waals surface area contributed by atoms with E-state index in [-0.39, 0.29) is 6.61 Å². The quantitative estimate of drug-likeness (QED) is 0.129. The van der Waals surface area contributed by atoms with E-state index < -0.39 is 80.5 Å². The number of aliphatic hydroxyl groups excluding tert-OH is 6. The van der Waals surface area contributed by atoms with Crippen molar-refractivity contribution >= 4 is 17.7 Å². The SMILES string of the molecule is CC(=O)N[C@H]1[C@@H](OCCSCCN)O[C@H](CO)[C@H](O)[C@@H]1O[C@@H]1O[C@H](CO)[C@H](O)[C@H](O)[C@H]1O. The van der Waals surface area contributed by atoms with Gasteiger partial charge >= 0.3 is 0 Å². The number of ether oxygens (including phenoxy) is 4. The fraction of sp³-hybridized carbons (Fsp3) is 0.944. The van der Waals surface area contributed by atoms with Crippen molar-refractivity contribution in [3.63, 3.8) is 0 Å². The van der Waals surface area contributed by atoms with Crippen LogP contribution in [0.15, 0.2) is 0 Å². The van der Waals surface area contributed by atoms with Crippen molar-refractivity contribution in [3.8, 4) is 0 Å². The first-order valence-electron chi connectivity index (χ1n) is 10.3. The smallest absolute Gasteiger partial charge is 0.217 e. The number of nitrogens with one attached hydrogen (secondary N) is 1. The second-order valence-electron chi connectivity index (χ2n) is 7.51. The molecule has 2 aliphatic heterocycles. The molecule has 0 spiro atoms. The fourth-order valence-corrected chi connectivity index (χ4v) is 4.09. The van der Waals surface area contributed by atoms with Gasteiger partial charge in [0.05, 0.1) is 19.8 Å². The Labute approximate surface area is 189 Å². The third kappa shape index (κ3) is 6.94. The van der Waals surface area contributed by atoms with E-state index in [1.54, 1.807) is 11.8 Å². The summed E-state index contributed by atoms with van der Waals surface area (Å²) in [6, 6.07) is -1.07. The Hall–Kier alpha value is -0.620. The van der Waals surface area contributed by atoms with E-state index >= 15 is 0 Å². The van der Waals surface area contributed by atoms with Crippen LogP contribution in [0.1, 0.15) is 6.92 Å². The highest BCUT2D eigenvalue weighted by Crippen LogP contribution is 2.29. The number of amides is 1. The van der Waals surface area contributed by atoms with Crippen molar-refractivity contribution in [3.05, 3.63) is 0 Å². The van der Waals surface area contributed by atoms with Gasteiger partial charge in [-0.1, -0.05) is 0 Å². The minimum absolute atomic E-state index is 0.215. The molecule has 32 heavy (non-hydrogen) atoms. The van der Waals surface area contributed by atoms with Crippen LogP contribution < -0.4 is 11.1 Å². The molecule has 0 aromatic rings. The second-order valence-corrected chi connectivity index (χ2v) is 8.74. The molecule has 1 amide bonds. The van der Waals surface area contributed by atoms with E-state index in [4.69, 9.17) is 24.7 Å². The van der Waals surface area contributed by atoms with Crippen LogP contribution in [0.4, 0.5) is 0 Å². The Bertz CT molecular complexity index is 575. The van der Waals surface area contributed by atoms with Crippen LogP contribution in [0, 0.1) is 0 Å². The third-order valence-corrected chi connectivity index (χ3v) is 6.11. The van der Waals surface area contributed by atoms with Gasteiger partial charge in [-0.05, 0) is 0 Å². The Balaban J connectivity index is 2.19. The van der Waals surface area contributed by atoms with Gasteiger partial charge in [0.15, 0.2) is 12.6 Å². The van der Waals surface area contributed by atoms with Gasteiger partial charge in [0.2, 0.25) is 5.91 Å². The number of hydrogen-bond acceptors (Lipinski definition) is 13. The van der Waals surface area contributed by atoms with Crippen molar-refractivity contribution in [2.75, 3.05) is 37.9 Å². The van der Waals surface area contributed by atoms with Crippen molar-refractivity contribution in [1.82, 2.24) is 5.32 Å². The zero-order valence-corrected chi connectivity index (χ0v) is 18.5. The zero-order chi connectivity index (χ0) is 23.8. The minimum atomic E-state index is -1.72. The summed E-state index contributed by atoms with van der Waals surface area (Å²) in [6.07, 6.45) is -12.8. The average molecular weight is 487 g/mol. The van der Waals surface area contributed by atoms with Crippen LogP contribution in [0.3, 0.4) is 0 Å². The summed E-state index contributed by atoms with van der Waals surface area (Å²) in [4.78, 5) is 11.8. The zero-order valence-electron chi connectivity index (χ0n) is 17.7. The minimum Gasteiger partial charge on any atom is -0.394 e. The molecule has 14 heteroatoms. The molecule has 0 aliphatic carbocycles. The average Bonchev–Trinajstić information content (AvgIpc) is 2.76. The molecular weight excluding hydrogens is 452 g/mol. The summed E-state index contributed by atoms with van der Waals surface area (Å²) in [5.41, 5.74) is 5.45. The largest absolute Gasteiger partial charge is 0.394 e. The van der Waals surface area contributed by atoms with Gasteiger partial charge in [-0.15, -0.1) is 0 Å². The molecule has 10 atom stereocenters. The number of aliphatic hydroxyl groups is 6. The van der Waals surface area contributed by atoms with Crippen LogP contribution in [0.2, 0.25) is 0 Å². The molecule has 0 radical (unpaired) electrons. The molecule has 0 saturated carbocycles. The van der Waals surface area contributed by atoms with Gasteiger partial charge in [0.25, 0.3) is 0 Å². The van der Waals surface area contributed by atoms with E-state index in [0.717, 1.165) is 5.75 Å². The van der Waals surface area contributed by atoms with Gasteiger partial charge in [0.1, 0.15) is 48.8 Å². The Morgan fingerprint density at radius 1 is 0.969 bits per heavy atom. The highest BCUT2D eigenvalue weighted by atomic mass is 32.2. The molecule has 13 nitrogen and oxygen atoms in total. The molecule has 2 aliphatic rings. The molecule has 0 aromatic heterocycles. The standard InChI is InChI=1S/C18H34N2O11S/c1-8(23)20-11-16(31-18-15(27)14(26)12(24)9(6-21)30-18)13(25)10(7-22)29-17(11)28-3-5-32-4-2-19/h9-18,21-22,24-27H,2-7,19H2,1H3,(H,20,23)/t9-,10-,11-,12+,13+,14+,15-,16-,17+,18+/m1/s1. The van der Waals surface area contributed by atoms with Gasteiger partial charge in [-0.2, -0.15) is 11.8 Å². The van der Waals surface area contributed by atoms with E-state index in [0.29, 0.717) is 12.3 Å². The predicted octanol–water partition coefficient (Wildman–Crippen LogP) is -4.54. The van der Waals surface area contributed by atoms with Gasteiger partial charge in [-0.3, -0.25) is 4.79 Å². The summed E-state index contributed by atoms with van der Waals surface area (Å²) >= 11 is 1.55. The Morgan fingerprint density at radius 2 is 1.59 bits per heavy atom. The van der Waals surface area contributed by atoms with Crippen molar-refractivity contribution in [1.29, 1.82) is 0 Å². The van der Waals surface area contributed by atoms with E-state index in [1.165, 1.54) is 6.92 Å². The topological polar surface area (TPSA) is 213 Å². The Morgan fingerprint density at radius 3 is 2.19 bits per heavy atom. The predicted molar refractivity (Wildman–Crippen MR) is 110 cm³/mol. The first-order valence-corrected chi connectivity index (χ1v) is 11.5. The number of nitrogens with two attached hydrogens (primary N) is 1. The number of thioether (sulfide) groups is 1. The van der Waals surface area contributed by atoms with Crippen molar-refractivity contribution in [2.24, 2.45) is 5.73 Å². The van der Waals surface area contributed by atoms with Crippen LogP contribution >= 0.6 is 11.8 Å². The van der Waals surface area contributed by atoms with Gasteiger partial charge in [-0.25, -0.2) is 0 Å². The normalized spacial score (nSPS) is 40.2. The maximum absolute atomic E-state index is 11.8. The first kappa shape index (κ1) is 27.6. The molecule has 2 saturated heterocycles. The summed E-state index contributed by atoms with van der Waals surface area (Å²) in [7, 11) is 0. The lowest BCUT2D eigenvalue weighted by Crippen LogP contribution is -2.68. The van der Waals surface area contributed by atoms with Crippen molar-refractivity contribution in [2.45, 2.75) is 68.3 Å². The molecule has 0 aromatic carbocycles. The van der Waals surface area contributed by atoms with Crippen molar-refractivity contribution < 1.29 is 54.4 Å². The molecule has 188 valence electrons.